The van der Waals surface area contributed by atoms with Crippen LogP contribution in [-0.4, -0.2) is 68.2 Å². The average Bonchev–Trinajstić information content (AvgIpc) is 2.77. The quantitative estimate of drug-likeness (QED) is 0.0600. The number of rotatable bonds is 18. The number of nitrogens with one attached hydrogen (secondary N) is 4. The molecule has 0 aliphatic carbocycles. The third kappa shape index (κ3) is 14.7. The molecule has 0 saturated carbocycles. The van der Waals surface area contributed by atoms with Gasteiger partial charge in [-0.1, -0.05) is 11.5 Å². The first-order valence-electron chi connectivity index (χ1n) is 10.6. The summed E-state index contributed by atoms with van der Waals surface area (Å²) in [5, 5.41) is 13.2. The van der Waals surface area contributed by atoms with Crippen LogP contribution >= 0.6 is 0 Å². The topological polar surface area (TPSA) is 208 Å². The highest BCUT2D eigenvalue weighted by Gasteiger charge is 2.24. The Hall–Kier alpha value is -3.18. The molecule has 0 fully saturated rings. The molecular weight excluding hydrogens is 420 g/mol. The third-order valence-corrected chi connectivity index (χ3v) is 4.37. The van der Waals surface area contributed by atoms with E-state index >= 15 is 0 Å². The van der Waals surface area contributed by atoms with Crippen LogP contribution in [0.5, 0.6) is 0 Å². The van der Waals surface area contributed by atoms with Crippen LogP contribution in [0.2, 0.25) is 0 Å². The van der Waals surface area contributed by atoms with E-state index in [1.807, 2.05) is 0 Å². The number of nitrogens with two attached hydrogens (primary N) is 1. The fraction of sp³-hybridized carbons (Fsp3) is 0.737. The number of nitrogens with zero attached hydrogens (tertiary/aromatic N) is 3. The maximum atomic E-state index is 12.5. The standard InChI is InChI=1S/C19H34N8O5/c1-14(25-17(30)13-24-27-21)18(31)26-15(8-4-5-9-20)19(32)23-12-16(29)22-10-6-2-3-7-11-28/h11,14-15H,2-10,12-13,20H2,1H3,(H,22,29)(H,23,32)(H,25,30)(H,26,31)/t14-,15-/m0/s1. The molecular formula is C19H34N8O5. The zero-order valence-electron chi connectivity index (χ0n) is 18.5. The lowest BCUT2D eigenvalue weighted by Crippen LogP contribution is -2.54. The Morgan fingerprint density at radius 2 is 1.75 bits per heavy atom. The number of carbonyl (C=O) groups is 5. The lowest BCUT2D eigenvalue weighted by atomic mass is 10.1. The van der Waals surface area contributed by atoms with Crippen molar-refractivity contribution in [2.75, 3.05) is 26.2 Å². The van der Waals surface area contributed by atoms with Gasteiger partial charge in [0, 0.05) is 17.9 Å². The summed E-state index contributed by atoms with van der Waals surface area (Å²) < 4.78 is 0. The summed E-state index contributed by atoms with van der Waals surface area (Å²) in [6.07, 6.45) is 5.22. The first-order valence-corrected chi connectivity index (χ1v) is 10.6. The second-order valence-electron chi connectivity index (χ2n) is 7.11. The molecule has 0 spiro atoms. The molecule has 0 unspecified atom stereocenters. The van der Waals surface area contributed by atoms with E-state index < -0.39 is 36.3 Å². The van der Waals surface area contributed by atoms with Crippen molar-refractivity contribution in [3.8, 4) is 0 Å². The smallest absolute Gasteiger partial charge is 0.243 e. The van der Waals surface area contributed by atoms with Crippen LogP contribution in [0.1, 0.15) is 51.9 Å². The fourth-order valence-electron chi connectivity index (χ4n) is 2.62. The van der Waals surface area contributed by atoms with E-state index in [9.17, 15) is 24.0 Å². The SMILES string of the molecule is C[C@H](NC(=O)CN=[N+]=[N-])C(=O)N[C@@H](CCCCN)C(=O)NCC(=O)NCCCCCC=O. The molecule has 32 heavy (non-hydrogen) atoms. The first-order chi connectivity index (χ1) is 15.3. The number of hydrogen-bond donors (Lipinski definition) is 5. The van der Waals surface area contributed by atoms with E-state index in [-0.39, 0.29) is 12.5 Å². The number of carbonyl (C=O) groups excluding carboxylic acids is 5. The van der Waals surface area contributed by atoms with Gasteiger partial charge in [-0.25, -0.2) is 0 Å². The van der Waals surface area contributed by atoms with Crippen LogP contribution in [0.15, 0.2) is 5.11 Å². The normalized spacial score (nSPS) is 11.9. The van der Waals surface area contributed by atoms with E-state index in [4.69, 9.17) is 11.3 Å². The summed E-state index contributed by atoms with van der Waals surface area (Å²) in [5.41, 5.74) is 13.7. The zero-order chi connectivity index (χ0) is 24.2. The Kier molecular flexibility index (Phi) is 16.7. The minimum atomic E-state index is -0.955. The predicted molar refractivity (Wildman–Crippen MR) is 117 cm³/mol. The summed E-state index contributed by atoms with van der Waals surface area (Å²) in [5.74, 6) is -2.10. The molecule has 0 aromatic heterocycles. The van der Waals surface area contributed by atoms with E-state index in [0.29, 0.717) is 38.8 Å². The molecule has 13 heteroatoms. The predicted octanol–water partition coefficient (Wildman–Crippen LogP) is -0.593. The molecule has 0 aromatic carbocycles. The van der Waals surface area contributed by atoms with Gasteiger partial charge in [-0.15, -0.1) is 0 Å². The summed E-state index contributed by atoms with van der Waals surface area (Å²) >= 11 is 0. The van der Waals surface area contributed by atoms with Crippen molar-refractivity contribution < 1.29 is 24.0 Å². The summed E-state index contributed by atoms with van der Waals surface area (Å²) in [7, 11) is 0. The largest absolute Gasteiger partial charge is 0.355 e. The van der Waals surface area contributed by atoms with Crippen molar-refractivity contribution in [2.24, 2.45) is 10.8 Å². The highest BCUT2D eigenvalue weighted by molar-refractivity contribution is 5.93. The fourth-order valence-corrected chi connectivity index (χ4v) is 2.62. The van der Waals surface area contributed by atoms with Crippen LogP contribution in [0.4, 0.5) is 0 Å². The van der Waals surface area contributed by atoms with Gasteiger partial charge in [0.05, 0.1) is 6.54 Å². The highest BCUT2D eigenvalue weighted by Crippen LogP contribution is 2.02. The Morgan fingerprint density at radius 3 is 2.41 bits per heavy atom. The van der Waals surface area contributed by atoms with Crippen LogP contribution in [0.25, 0.3) is 10.4 Å². The van der Waals surface area contributed by atoms with Crippen molar-refractivity contribution in [2.45, 2.75) is 64.0 Å². The van der Waals surface area contributed by atoms with E-state index in [1.54, 1.807) is 0 Å². The number of unbranched alkanes of at least 4 members (excludes halogenated alkanes) is 4. The second kappa shape index (κ2) is 18.6. The van der Waals surface area contributed by atoms with E-state index in [2.05, 4.69) is 31.3 Å². The van der Waals surface area contributed by atoms with Gasteiger partial charge in [-0.05, 0) is 51.1 Å². The van der Waals surface area contributed by atoms with Crippen molar-refractivity contribution >= 4 is 29.9 Å². The van der Waals surface area contributed by atoms with Crippen molar-refractivity contribution in [1.82, 2.24) is 21.3 Å². The summed E-state index contributed by atoms with van der Waals surface area (Å²) in [4.78, 5) is 61.0. The van der Waals surface area contributed by atoms with Crippen LogP contribution in [0, 0.1) is 0 Å². The monoisotopic (exact) mass is 454 g/mol. The van der Waals surface area contributed by atoms with Crippen molar-refractivity contribution in [3.63, 3.8) is 0 Å². The number of azide groups is 1. The molecule has 0 aliphatic heterocycles. The second-order valence-corrected chi connectivity index (χ2v) is 7.11. The molecule has 0 radical (unpaired) electrons. The molecule has 0 aliphatic rings. The molecule has 4 amide bonds. The Bertz CT molecular complexity index is 666. The molecule has 180 valence electrons. The Balaban J connectivity index is 4.58. The molecule has 0 saturated heterocycles. The molecule has 13 nitrogen and oxygen atoms in total. The minimum absolute atomic E-state index is 0.241. The molecule has 0 rings (SSSR count). The number of amides is 4. The lowest BCUT2D eigenvalue weighted by molar-refractivity contribution is -0.132. The maximum Gasteiger partial charge on any atom is 0.243 e. The molecule has 0 aromatic rings. The van der Waals surface area contributed by atoms with Gasteiger partial charge < -0.3 is 31.8 Å². The lowest BCUT2D eigenvalue weighted by Gasteiger charge is -2.21. The minimum Gasteiger partial charge on any atom is -0.355 e. The maximum absolute atomic E-state index is 12.5. The molecule has 0 heterocycles. The highest BCUT2D eigenvalue weighted by atomic mass is 16.2. The van der Waals surface area contributed by atoms with Crippen molar-refractivity contribution in [1.29, 1.82) is 0 Å². The van der Waals surface area contributed by atoms with Gasteiger partial charge in [-0.2, -0.15) is 0 Å². The summed E-state index contributed by atoms with van der Waals surface area (Å²) in [6, 6.07) is -1.86. The van der Waals surface area contributed by atoms with Gasteiger partial charge in [0.2, 0.25) is 23.6 Å². The molecule has 0 bridgehead atoms. The molecule has 6 N–H and O–H groups in total. The van der Waals surface area contributed by atoms with Crippen LogP contribution < -0.4 is 27.0 Å². The van der Waals surface area contributed by atoms with Gasteiger partial charge in [0.1, 0.15) is 24.9 Å². The number of hydrogen-bond acceptors (Lipinski definition) is 7. The van der Waals surface area contributed by atoms with Gasteiger partial charge in [0.25, 0.3) is 0 Å². The Morgan fingerprint density at radius 1 is 1.00 bits per heavy atom. The third-order valence-electron chi connectivity index (χ3n) is 4.37. The number of aldehydes is 1. The first kappa shape index (κ1) is 28.8. The van der Waals surface area contributed by atoms with Crippen LogP contribution in [-0.2, 0) is 24.0 Å². The van der Waals surface area contributed by atoms with E-state index in [0.717, 1.165) is 25.5 Å². The molecule has 2 atom stereocenters. The Labute approximate surface area is 187 Å². The van der Waals surface area contributed by atoms with Gasteiger partial charge in [-0.3, -0.25) is 19.2 Å². The average molecular weight is 455 g/mol. The van der Waals surface area contributed by atoms with Crippen LogP contribution in [0.3, 0.4) is 0 Å². The van der Waals surface area contributed by atoms with Gasteiger partial charge in [0.15, 0.2) is 0 Å². The van der Waals surface area contributed by atoms with E-state index in [1.165, 1.54) is 6.92 Å². The van der Waals surface area contributed by atoms with Crippen molar-refractivity contribution in [3.05, 3.63) is 10.4 Å². The zero-order valence-corrected chi connectivity index (χ0v) is 18.5. The summed E-state index contributed by atoms with van der Waals surface area (Å²) in [6.45, 7) is 1.62. The van der Waals surface area contributed by atoms with Gasteiger partial charge >= 0.3 is 0 Å².